The Balaban J connectivity index is 1.80. The zero-order valence-electron chi connectivity index (χ0n) is 12.5. The number of carbonyl (C=O) groups excluding carboxylic acids is 1. The normalized spacial score (nSPS) is 11.2. The molecular formula is C15H17N5OS. The average Bonchev–Trinajstić information content (AvgIpc) is 2.91. The minimum absolute atomic E-state index is 0.0929. The first-order valence-electron chi connectivity index (χ1n) is 7.24. The second kappa shape index (κ2) is 6.31. The molecule has 7 heteroatoms. The molecule has 6 nitrogen and oxygen atoms in total. The molecule has 3 aromatic rings. The Morgan fingerprint density at radius 1 is 1.23 bits per heavy atom. The van der Waals surface area contributed by atoms with Gasteiger partial charge < -0.3 is 9.88 Å². The molecule has 1 aromatic carbocycles. The molecule has 0 saturated heterocycles. The Labute approximate surface area is 132 Å². The molecule has 22 heavy (non-hydrogen) atoms. The number of para-hydroxylation sites is 1. The largest absolute Gasteiger partial charge is 0.343 e. The van der Waals surface area contributed by atoms with Crippen molar-refractivity contribution in [3.8, 4) is 0 Å². The summed E-state index contributed by atoms with van der Waals surface area (Å²) < 4.78 is 0. The number of nitrogens with one attached hydrogen (secondary N) is 1. The van der Waals surface area contributed by atoms with E-state index in [-0.39, 0.29) is 5.91 Å². The van der Waals surface area contributed by atoms with Gasteiger partial charge in [0.1, 0.15) is 5.52 Å². The van der Waals surface area contributed by atoms with E-state index in [1.807, 2.05) is 38.1 Å². The number of benzene rings is 1. The minimum atomic E-state index is 0.0929. The first-order valence-corrected chi connectivity index (χ1v) is 8.23. The molecule has 3 rings (SSSR count). The molecule has 0 saturated carbocycles. The Morgan fingerprint density at radius 3 is 2.77 bits per heavy atom. The quantitative estimate of drug-likeness (QED) is 0.732. The molecule has 0 aliphatic carbocycles. The molecule has 114 valence electrons. The van der Waals surface area contributed by atoms with Crippen molar-refractivity contribution in [3.05, 3.63) is 24.3 Å². The van der Waals surface area contributed by atoms with Gasteiger partial charge in [0.15, 0.2) is 5.65 Å². The van der Waals surface area contributed by atoms with Gasteiger partial charge in [0.05, 0.1) is 5.75 Å². The van der Waals surface area contributed by atoms with Crippen molar-refractivity contribution in [2.24, 2.45) is 0 Å². The van der Waals surface area contributed by atoms with Crippen LogP contribution in [0.2, 0.25) is 0 Å². The van der Waals surface area contributed by atoms with Crippen LogP contribution in [-0.2, 0) is 4.79 Å². The van der Waals surface area contributed by atoms with E-state index in [1.54, 1.807) is 4.90 Å². The summed E-state index contributed by atoms with van der Waals surface area (Å²) in [7, 11) is 0. The maximum Gasteiger partial charge on any atom is 0.233 e. The number of thioether (sulfide) groups is 1. The number of amides is 1. The van der Waals surface area contributed by atoms with Crippen molar-refractivity contribution in [2.75, 3.05) is 18.8 Å². The van der Waals surface area contributed by atoms with Crippen LogP contribution in [0.5, 0.6) is 0 Å². The molecule has 0 atom stereocenters. The molecule has 0 unspecified atom stereocenters. The summed E-state index contributed by atoms with van der Waals surface area (Å²) >= 11 is 1.32. The summed E-state index contributed by atoms with van der Waals surface area (Å²) in [6, 6.07) is 7.89. The second-order valence-corrected chi connectivity index (χ2v) is 5.76. The number of aromatic amines is 1. The first-order chi connectivity index (χ1) is 10.7. The number of aromatic nitrogens is 4. The summed E-state index contributed by atoms with van der Waals surface area (Å²) in [4.78, 5) is 21.5. The van der Waals surface area contributed by atoms with Gasteiger partial charge in [-0.25, -0.2) is 4.98 Å². The number of carbonyl (C=O) groups is 1. The topological polar surface area (TPSA) is 74.8 Å². The van der Waals surface area contributed by atoms with Crippen LogP contribution in [0.4, 0.5) is 0 Å². The molecule has 0 spiro atoms. The molecule has 0 radical (unpaired) electrons. The monoisotopic (exact) mass is 315 g/mol. The molecule has 0 fully saturated rings. The smallest absolute Gasteiger partial charge is 0.233 e. The third kappa shape index (κ3) is 2.76. The fourth-order valence-corrected chi connectivity index (χ4v) is 3.05. The van der Waals surface area contributed by atoms with Gasteiger partial charge in [0.25, 0.3) is 0 Å². The van der Waals surface area contributed by atoms with Gasteiger partial charge in [-0.05, 0) is 19.9 Å². The molecule has 1 N–H and O–H groups in total. The molecule has 0 bridgehead atoms. The SMILES string of the molecule is CCN(CC)C(=O)CSc1nnc2c(n1)[nH]c1ccccc12. The predicted molar refractivity (Wildman–Crippen MR) is 87.8 cm³/mol. The lowest BCUT2D eigenvalue weighted by molar-refractivity contribution is -0.127. The van der Waals surface area contributed by atoms with Crippen molar-refractivity contribution in [1.29, 1.82) is 0 Å². The van der Waals surface area contributed by atoms with Crippen molar-refractivity contribution in [2.45, 2.75) is 19.0 Å². The number of fused-ring (bicyclic) bond motifs is 3. The van der Waals surface area contributed by atoms with E-state index < -0.39 is 0 Å². The van der Waals surface area contributed by atoms with E-state index in [2.05, 4.69) is 20.2 Å². The van der Waals surface area contributed by atoms with Crippen molar-refractivity contribution in [1.82, 2.24) is 25.1 Å². The minimum Gasteiger partial charge on any atom is -0.343 e. The third-order valence-electron chi connectivity index (χ3n) is 3.54. The van der Waals surface area contributed by atoms with Gasteiger partial charge in [-0.3, -0.25) is 4.79 Å². The molecule has 2 heterocycles. The van der Waals surface area contributed by atoms with Gasteiger partial charge in [0, 0.05) is 24.0 Å². The summed E-state index contributed by atoms with van der Waals surface area (Å²) in [5.41, 5.74) is 2.45. The average molecular weight is 315 g/mol. The van der Waals surface area contributed by atoms with Crippen LogP contribution in [0.25, 0.3) is 22.1 Å². The maximum absolute atomic E-state index is 12.0. The Bertz CT molecular complexity index is 812. The van der Waals surface area contributed by atoms with Crippen LogP contribution in [0, 0.1) is 0 Å². The molecule has 2 aromatic heterocycles. The lowest BCUT2D eigenvalue weighted by atomic mass is 10.2. The molecule has 0 aliphatic rings. The molecule has 0 aliphatic heterocycles. The van der Waals surface area contributed by atoms with Crippen LogP contribution >= 0.6 is 11.8 Å². The van der Waals surface area contributed by atoms with Gasteiger partial charge in [-0.1, -0.05) is 30.0 Å². The fraction of sp³-hybridized carbons (Fsp3) is 0.333. The lowest BCUT2D eigenvalue weighted by Crippen LogP contribution is -2.31. The standard InChI is InChI=1S/C15H17N5OS/c1-3-20(4-2)12(21)9-22-15-17-14-13(18-19-15)10-7-5-6-8-11(10)16-14/h5-8H,3-4,9H2,1-2H3,(H,16,17,19). The number of H-pyrrole nitrogens is 1. The lowest BCUT2D eigenvalue weighted by Gasteiger charge is -2.17. The van der Waals surface area contributed by atoms with Crippen molar-refractivity contribution < 1.29 is 4.79 Å². The highest BCUT2D eigenvalue weighted by molar-refractivity contribution is 7.99. The van der Waals surface area contributed by atoms with E-state index in [0.717, 1.165) is 29.5 Å². The molecule has 1 amide bonds. The van der Waals surface area contributed by atoms with E-state index >= 15 is 0 Å². The number of rotatable bonds is 5. The Morgan fingerprint density at radius 2 is 2.00 bits per heavy atom. The summed E-state index contributed by atoms with van der Waals surface area (Å²) in [5, 5.41) is 9.89. The second-order valence-electron chi connectivity index (χ2n) is 4.82. The first kappa shape index (κ1) is 14.8. The van der Waals surface area contributed by atoms with Gasteiger partial charge in [0.2, 0.25) is 11.1 Å². The van der Waals surface area contributed by atoms with Crippen molar-refractivity contribution in [3.63, 3.8) is 0 Å². The Hall–Kier alpha value is -2.15. The summed E-state index contributed by atoms with van der Waals surface area (Å²) in [6.45, 7) is 5.38. The Kier molecular flexibility index (Phi) is 4.24. The van der Waals surface area contributed by atoms with E-state index in [9.17, 15) is 4.79 Å². The zero-order valence-corrected chi connectivity index (χ0v) is 13.4. The summed E-state index contributed by atoms with van der Waals surface area (Å²) in [5.74, 6) is 0.421. The predicted octanol–water partition coefficient (Wildman–Crippen LogP) is 2.47. The third-order valence-corrected chi connectivity index (χ3v) is 4.37. The highest BCUT2D eigenvalue weighted by atomic mass is 32.2. The number of nitrogens with zero attached hydrogens (tertiary/aromatic N) is 4. The maximum atomic E-state index is 12.0. The van der Waals surface area contributed by atoms with Crippen LogP contribution in [-0.4, -0.2) is 49.8 Å². The highest BCUT2D eigenvalue weighted by Crippen LogP contribution is 2.23. The number of hydrogen-bond acceptors (Lipinski definition) is 5. The van der Waals surface area contributed by atoms with Crippen LogP contribution in [0.15, 0.2) is 29.4 Å². The van der Waals surface area contributed by atoms with E-state index in [4.69, 9.17) is 0 Å². The van der Waals surface area contributed by atoms with Crippen LogP contribution in [0.3, 0.4) is 0 Å². The number of hydrogen-bond donors (Lipinski definition) is 1. The van der Waals surface area contributed by atoms with E-state index in [1.165, 1.54) is 11.8 Å². The highest BCUT2D eigenvalue weighted by Gasteiger charge is 2.13. The van der Waals surface area contributed by atoms with Gasteiger partial charge in [-0.15, -0.1) is 10.2 Å². The molecular weight excluding hydrogens is 298 g/mol. The van der Waals surface area contributed by atoms with Gasteiger partial charge in [-0.2, -0.15) is 0 Å². The van der Waals surface area contributed by atoms with E-state index in [0.29, 0.717) is 16.6 Å². The van der Waals surface area contributed by atoms with Gasteiger partial charge >= 0.3 is 0 Å². The fourth-order valence-electron chi connectivity index (χ4n) is 2.36. The van der Waals surface area contributed by atoms with Crippen LogP contribution in [0.1, 0.15) is 13.8 Å². The zero-order chi connectivity index (χ0) is 15.5. The van der Waals surface area contributed by atoms with Crippen LogP contribution < -0.4 is 0 Å². The summed E-state index contributed by atoms with van der Waals surface area (Å²) in [6.07, 6.45) is 0. The van der Waals surface area contributed by atoms with Crippen molar-refractivity contribution >= 4 is 39.7 Å².